The molecule has 2 aromatic heterocycles. The summed E-state index contributed by atoms with van der Waals surface area (Å²) in [4.78, 5) is 23.8. The first-order valence-electron chi connectivity index (χ1n) is 10.4. The van der Waals surface area contributed by atoms with Gasteiger partial charge in [0.2, 0.25) is 0 Å². The predicted molar refractivity (Wildman–Crippen MR) is 115 cm³/mol. The molecule has 156 valence electrons. The Hall–Kier alpha value is -3.29. The Bertz CT molecular complexity index is 1020. The molecule has 1 saturated carbocycles. The zero-order valence-corrected chi connectivity index (χ0v) is 17.5. The molecule has 8 nitrogen and oxygen atoms in total. The van der Waals surface area contributed by atoms with E-state index in [1.165, 1.54) is 4.80 Å². The number of rotatable bonds is 6. The highest BCUT2D eigenvalue weighted by molar-refractivity contribution is 5.97. The summed E-state index contributed by atoms with van der Waals surface area (Å²) in [7, 11) is 0. The van der Waals surface area contributed by atoms with Gasteiger partial charge in [-0.15, -0.1) is 0 Å². The second kappa shape index (κ2) is 8.61. The van der Waals surface area contributed by atoms with E-state index in [4.69, 9.17) is 0 Å². The molecule has 8 heteroatoms. The molecule has 2 N–H and O–H groups in total. The van der Waals surface area contributed by atoms with Crippen molar-refractivity contribution in [2.24, 2.45) is 0 Å². The normalized spacial score (nSPS) is 18.5. The molecule has 0 unspecified atom stereocenters. The van der Waals surface area contributed by atoms with Crippen molar-refractivity contribution in [2.45, 2.75) is 58.0 Å². The van der Waals surface area contributed by atoms with E-state index in [0.717, 1.165) is 36.5 Å². The van der Waals surface area contributed by atoms with Gasteiger partial charge in [0.05, 0.1) is 41.2 Å². The van der Waals surface area contributed by atoms with Gasteiger partial charge in [-0.2, -0.15) is 15.0 Å². The summed E-state index contributed by atoms with van der Waals surface area (Å²) in [5.74, 6) is 0.950. The number of carbonyl (C=O) groups excluding carboxylic acids is 1. The van der Waals surface area contributed by atoms with Crippen molar-refractivity contribution in [3.63, 3.8) is 0 Å². The van der Waals surface area contributed by atoms with E-state index >= 15 is 0 Å². The fourth-order valence-electron chi connectivity index (χ4n) is 3.92. The average molecular weight is 406 g/mol. The number of hydrogen-bond donors (Lipinski definition) is 2. The van der Waals surface area contributed by atoms with Gasteiger partial charge in [-0.1, -0.05) is 26.0 Å². The third kappa shape index (κ3) is 4.17. The molecular weight excluding hydrogens is 378 g/mol. The minimum absolute atomic E-state index is 0.0132. The van der Waals surface area contributed by atoms with Crippen molar-refractivity contribution >= 4 is 11.7 Å². The van der Waals surface area contributed by atoms with Crippen molar-refractivity contribution in [3.8, 4) is 5.69 Å². The predicted octanol–water partition coefficient (Wildman–Crippen LogP) is 3.25. The number of aromatic nitrogens is 5. The second-order valence-corrected chi connectivity index (χ2v) is 8.00. The van der Waals surface area contributed by atoms with Gasteiger partial charge in [0.15, 0.2) is 0 Å². The monoisotopic (exact) mass is 405 g/mol. The van der Waals surface area contributed by atoms with E-state index in [2.05, 4.69) is 44.6 Å². The Balaban J connectivity index is 1.51. The summed E-state index contributed by atoms with van der Waals surface area (Å²) in [6.07, 6.45) is 7.91. The number of nitrogens with zero attached hydrogens (tertiary/aromatic N) is 5. The summed E-state index contributed by atoms with van der Waals surface area (Å²) in [6, 6.07) is 7.49. The third-order valence-electron chi connectivity index (χ3n) is 5.40. The molecule has 1 fully saturated rings. The molecule has 1 aromatic carbocycles. The zero-order chi connectivity index (χ0) is 21.1. The number of benzene rings is 1. The Morgan fingerprint density at radius 3 is 2.63 bits per heavy atom. The third-order valence-corrected chi connectivity index (χ3v) is 5.40. The summed E-state index contributed by atoms with van der Waals surface area (Å²) in [6.45, 7) is 6.18. The number of carbonyl (C=O) groups is 1. The summed E-state index contributed by atoms with van der Waals surface area (Å²) >= 11 is 0. The lowest BCUT2D eigenvalue weighted by Crippen LogP contribution is -2.44. The van der Waals surface area contributed by atoms with E-state index < -0.39 is 0 Å². The highest BCUT2D eigenvalue weighted by Crippen LogP contribution is 2.27. The summed E-state index contributed by atoms with van der Waals surface area (Å²) < 4.78 is 0. The standard InChI is InChI=1S/C22H27N7O/c1-14(2)20-21(23-13-15(3)26-20)27-17-8-6-9-18(17)28-22(30)16-7-4-5-10-19(16)29-24-11-12-25-29/h4-5,7,10-14,17-18H,6,8-9H2,1-3H3,(H,23,27)(H,28,30)/t17-,18-/m0/s1. The van der Waals surface area contributed by atoms with Crippen molar-refractivity contribution in [3.05, 3.63) is 59.8 Å². The van der Waals surface area contributed by atoms with Crippen LogP contribution in [-0.2, 0) is 0 Å². The smallest absolute Gasteiger partial charge is 0.253 e. The molecule has 1 aliphatic rings. The van der Waals surface area contributed by atoms with Crippen LogP contribution in [0.25, 0.3) is 5.69 Å². The van der Waals surface area contributed by atoms with Crippen LogP contribution in [0.4, 0.5) is 5.82 Å². The van der Waals surface area contributed by atoms with Crippen LogP contribution < -0.4 is 10.6 Å². The summed E-state index contributed by atoms with van der Waals surface area (Å²) in [5.41, 5.74) is 3.08. The Morgan fingerprint density at radius 2 is 1.87 bits per heavy atom. The first kappa shape index (κ1) is 20.0. The first-order chi connectivity index (χ1) is 14.5. The van der Waals surface area contributed by atoms with E-state index in [1.807, 2.05) is 25.1 Å². The minimum atomic E-state index is -0.124. The largest absolute Gasteiger partial charge is 0.364 e. The lowest BCUT2D eigenvalue weighted by atomic mass is 10.1. The molecule has 0 aliphatic heterocycles. The van der Waals surface area contributed by atoms with Gasteiger partial charge in [0, 0.05) is 12.1 Å². The number of anilines is 1. The molecule has 1 amide bonds. The average Bonchev–Trinajstić information content (AvgIpc) is 3.42. The van der Waals surface area contributed by atoms with Crippen molar-refractivity contribution in [1.29, 1.82) is 0 Å². The highest BCUT2D eigenvalue weighted by atomic mass is 16.1. The van der Waals surface area contributed by atoms with Crippen molar-refractivity contribution in [1.82, 2.24) is 30.3 Å². The van der Waals surface area contributed by atoms with Crippen molar-refractivity contribution < 1.29 is 4.79 Å². The first-order valence-corrected chi connectivity index (χ1v) is 10.4. The van der Waals surface area contributed by atoms with Gasteiger partial charge < -0.3 is 10.6 Å². The number of aryl methyl sites for hydroxylation is 1. The molecule has 0 bridgehead atoms. The van der Waals surface area contributed by atoms with Crippen molar-refractivity contribution in [2.75, 3.05) is 5.32 Å². The van der Waals surface area contributed by atoms with Crippen LogP contribution >= 0.6 is 0 Å². The molecule has 0 saturated heterocycles. The fraction of sp³-hybridized carbons (Fsp3) is 0.409. The van der Waals surface area contributed by atoms with E-state index in [1.54, 1.807) is 24.7 Å². The molecular formula is C22H27N7O. The molecule has 2 atom stereocenters. The number of para-hydroxylation sites is 1. The molecule has 2 heterocycles. The van der Waals surface area contributed by atoms with E-state index in [9.17, 15) is 4.79 Å². The van der Waals surface area contributed by atoms with Crippen LogP contribution in [0.15, 0.2) is 42.9 Å². The Kier molecular flexibility index (Phi) is 5.74. The van der Waals surface area contributed by atoms with Gasteiger partial charge >= 0.3 is 0 Å². The van der Waals surface area contributed by atoms with Crippen LogP contribution in [0.1, 0.15) is 60.8 Å². The number of nitrogens with one attached hydrogen (secondary N) is 2. The van der Waals surface area contributed by atoms with Crippen LogP contribution in [-0.4, -0.2) is 43.0 Å². The van der Waals surface area contributed by atoms with Crippen LogP contribution in [0.2, 0.25) is 0 Å². The fourth-order valence-corrected chi connectivity index (χ4v) is 3.92. The van der Waals surface area contributed by atoms with Crippen LogP contribution in [0.3, 0.4) is 0 Å². The quantitative estimate of drug-likeness (QED) is 0.653. The molecule has 30 heavy (non-hydrogen) atoms. The molecule has 0 spiro atoms. The van der Waals surface area contributed by atoms with Gasteiger partial charge in [0.25, 0.3) is 5.91 Å². The van der Waals surface area contributed by atoms with Crippen LogP contribution in [0, 0.1) is 6.92 Å². The maximum atomic E-state index is 13.1. The minimum Gasteiger partial charge on any atom is -0.364 e. The molecule has 1 aliphatic carbocycles. The van der Waals surface area contributed by atoms with E-state index in [-0.39, 0.29) is 23.9 Å². The SMILES string of the molecule is Cc1cnc(N[C@H]2CCC[C@@H]2NC(=O)c2ccccc2-n2nccn2)c(C(C)C)n1. The van der Waals surface area contributed by atoms with Gasteiger partial charge in [0.1, 0.15) is 5.82 Å². The lowest BCUT2D eigenvalue weighted by Gasteiger charge is -2.24. The Labute approximate surface area is 176 Å². The van der Waals surface area contributed by atoms with E-state index in [0.29, 0.717) is 11.3 Å². The molecule has 0 radical (unpaired) electrons. The Morgan fingerprint density at radius 1 is 1.13 bits per heavy atom. The highest BCUT2D eigenvalue weighted by Gasteiger charge is 2.30. The second-order valence-electron chi connectivity index (χ2n) is 8.00. The molecule has 4 rings (SSSR count). The van der Waals surface area contributed by atoms with Gasteiger partial charge in [-0.3, -0.25) is 9.78 Å². The topological polar surface area (TPSA) is 97.6 Å². The number of amides is 1. The number of hydrogen-bond acceptors (Lipinski definition) is 6. The summed E-state index contributed by atoms with van der Waals surface area (Å²) in [5, 5.41) is 15.1. The van der Waals surface area contributed by atoms with Gasteiger partial charge in [-0.05, 0) is 44.2 Å². The molecule has 3 aromatic rings. The van der Waals surface area contributed by atoms with Crippen LogP contribution in [0.5, 0.6) is 0 Å². The maximum absolute atomic E-state index is 13.1. The maximum Gasteiger partial charge on any atom is 0.253 e. The van der Waals surface area contributed by atoms with Gasteiger partial charge in [-0.25, -0.2) is 4.98 Å². The zero-order valence-electron chi connectivity index (χ0n) is 17.5. The lowest BCUT2D eigenvalue weighted by molar-refractivity contribution is 0.0935.